The molecular weight excluding hydrogens is 544 g/mol. The van der Waals surface area contributed by atoms with Gasteiger partial charge in [-0.2, -0.15) is 0 Å². The van der Waals surface area contributed by atoms with Gasteiger partial charge in [-0.3, -0.25) is 0 Å². The molecule has 0 aliphatic heterocycles. The zero-order valence-corrected chi connectivity index (χ0v) is 27.0. The van der Waals surface area contributed by atoms with E-state index in [4.69, 9.17) is 4.42 Å². The van der Waals surface area contributed by atoms with Crippen LogP contribution in [0.15, 0.2) is 126 Å². The summed E-state index contributed by atoms with van der Waals surface area (Å²) < 4.78 is 6.67. The smallest absolute Gasteiger partial charge is 0.143 e. The van der Waals surface area contributed by atoms with Gasteiger partial charge in [-0.05, 0) is 89.7 Å². The van der Waals surface area contributed by atoms with Crippen LogP contribution in [0.4, 0.5) is 0 Å². The molecule has 7 aromatic carbocycles. The standard InChI is InChI=1S/C44H38O/c1-43(2,3)30-21-23-34-37(25-30)40(29-19-18-27-12-7-8-13-28(27)24-29)33-22-20-31(44(4,5)6)26-38(33)41(34)36-16-11-15-35-32-14-9-10-17-39(32)45-42(35)36/h7-26H,1-6H3. The molecule has 0 fully saturated rings. The van der Waals surface area contributed by atoms with Gasteiger partial charge in [0, 0.05) is 21.9 Å². The lowest BCUT2D eigenvalue weighted by molar-refractivity contribution is 0.590. The molecule has 0 spiro atoms. The summed E-state index contributed by atoms with van der Waals surface area (Å²) in [5.41, 5.74) is 9.44. The second-order valence-electron chi connectivity index (χ2n) is 14.6. The van der Waals surface area contributed by atoms with E-state index >= 15 is 0 Å². The highest BCUT2D eigenvalue weighted by Crippen LogP contribution is 2.48. The van der Waals surface area contributed by atoms with E-state index in [9.17, 15) is 0 Å². The molecule has 220 valence electrons. The average molecular weight is 583 g/mol. The number of rotatable bonds is 2. The number of furan rings is 1. The molecule has 1 nitrogen and oxygen atoms in total. The van der Waals surface area contributed by atoms with Crippen LogP contribution < -0.4 is 0 Å². The molecule has 0 unspecified atom stereocenters. The molecule has 0 radical (unpaired) electrons. The minimum Gasteiger partial charge on any atom is -0.455 e. The van der Waals surface area contributed by atoms with Gasteiger partial charge in [0.05, 0.1) is 0 Å². The Labute approximate surface area is 265 Å². The zero-order valence-electron chi connectivity index (χ0n) is 27.0. The first kappa shape index (κ1) is 27.7. The van der Waals surface area contributed by atoms with Crippen molar-refractivity contribution in [1.82, 2.24) is 0 Å². The highest BCUT2D eigenvalue weighted by molar-refractivity contribution is 6.24. The highest BCUT2D eigenvalue weighted by Gasteiger charge is 2.24. The van der Waals surface area contributed by atoms with Crippen LogP contribution in [0.5, 0.6) is 0 Å². The van der Waals surface area contributed by atoms with Crippen molar-refractivity contribution in [2.45, 2.75) is 52.4 Å². The first-order valence-corrected chi connectivity index (χ1v) is 16.0. The summed E-state index contributed by atoms with van der Waals surface area (Å²) in [4.78, 5) is 0. The van der Waals surface area contributed by atoms with Crippen molar-refractivity contribution in [3.8, 4) is 22.3 Å². The molecule has 0 atom stereocenters. The molecule has 8 rings (SSSR count). The molecule has 0 saturated heterocycles. The highest BCUT2D eigenvalue weighted by atomic mass is 16.3. The predicted molar refractivity (Wildman–Crippen MR) is 195 cm³/mol. The number of hydrogen-bond acceptors (Lipinski definition) is 1. The van der Waals surface area contributed by atoms with Gasteiger partial charge < -0.3 is 4.42 Å². The minimum absolute atomic E-state index is 0.00495. The predicted octanol–water partition coefficient (Wildman–Crippen LogP) is 13.0. The van der Waals surface area contributed by atoms with E-state index in [1.165, 1.54) is 60.1 Å². The number of para-hydroxylation sites is 2. The molecular formula is C44H38O. The van der Waals surface area contributed by atoms with Crippen LogP contribution in [-0.2, 0) is 10.8 Å². The van der Waals surface area contributed by atoms with Crippen LogP contribution in [0, 0.1) is 0 Å². The van der Waals surface area contributed by atoms with Gasteiger partial charge in [0.1, 0.15) is 11.2 Å². The maximum absolute atomic E-state index is 6.67. The third kappa shape index (κ3) is 4.45. The minimum atomic E-state index is 0.00495. The monoisotopic (exact) mass is 582 g/mol. The molecule has 1 heterocycles. The van der Waals surface area contributed by atoms with E-state index in [1.807, 2.05) is 0 Å². The van der Waals surface area contributed by atoms with Crippen molar-refractivity contribution < 1.29 is 4.42 Å². The summed E-state index contributed by atoms with van der Waals surface area (Å²) in [6.45, 7) is 13.8. The van der Waals surface area contributed by atoms with Crippen LogP contribution in [0.1, 0.15) is 52.7 Å². The Kier molecular flexibility index (Phi) is 6.03. The molecule has 0 saturated carbocycles. The van der Waals surface area contributed by atoms with E-state index in [-0.39, 0.29) is 10.8 Å². The SMILES string of the molecule is CC(C)(C)c1ccc2c(-c3cccc4c3oc3ccccc34)c3cc(C(C)(C)C)ccc3c(-c3ccc4ccccc4c3)c2c1. The molecule has 0 bridgehead atoms. The third-order valence-corrected chi connectivity index (χ3v) is 9.56. The summed E-state index contributed by atoms with van der Waals surface area (Å²) in [7, 11) is 0. The van der Waals surface area contributed by atoms with Crippen molar-refractivity contribution >= 4 is 54.3 Å². The molecule has 45 heavy (non-hydrogen) atoms. The molecule has 0 amide bonds. The van der Waals surface area contributed by atoms with Crippen molar-refractivity contribution in [1.29, 1.82) is 0 Å². The van der Waals surface area contributed by atoms with Crippen LogP contribution in [0.2, 0.25) is 0 Å². The van der Waals surface area contributed by atoms with Crippen LogP contribution in [0.3, 0.4) is 0 Å². The van der Waals surface area contributed by atoms with E-state index in [0.717, 1.165) is 27.5 Å². The lowest BCUT2D eigenvalue weighted by Gasteiger charge is -2.25. The maximum Gasteiger partial charge on any atom is 0.143 e. The summed E-state index contributed by atoms with van der Waals surface area (Å²) >= 11 is 0. The van der Waals surface area contributed by atoms with Crippen LogP contribution in [-0.4, -0.2) is 0 Å². The molecule has 1 heteroatoms. The number of benzene rings is 7. The lowest BCUT2D eigenvalue weighted by atomic mass is 9.79. The Morgan fingerprint density at radius 1 is 0.422 bits per heavy atom. The summed E-state index contributed by atoms with van der Waals surface area (Å²) in [5.74, 6) is 0. The van der Waals surface area contributed by atoms with Gasteiger partial charge in [-0.15, -0.1) is 0 Å². The van der Waals surface area contributed by atoms with Crippen molar-refractivity contribution in [2.24, 2.45) is 0 Å². The van der Waals surface area contributed by atoms with Gasteiger partial charge in [0.2, 0.25) is 0 Å². The van der Waals surface area contributed by atoms with E-state index in [0.29, 0.717) is 0 Å². The summed E-state index contributed by atoms with van der Waals surface area (Å²) in [6.07, 6.45) is 0. The van der Waals surface area contributed by atoms with Gasteiger partial charge in [0.25, 0.3) is 0 Å². The number of hydrogen-bond donors (Lipinski definition) is 0. The average Bonchev–Trinajstić information content (AvgIpc) is 3.41. The molecule has 0 N–H and O–H groups in total. The Balaban J connectivity index is 1.59. The van der Waals surface area contributed by atoms with E-state index in [2.05, 4.69) is 163 Å². The quantitative estimate of drug-likeness (QED) is 0.185. The van der Waals surface area contributed by atoms with E-state index in [1.54, 1.807) is 0 Å². The van der Waals surface area contributed by atoms with Gasteiger partial charge in [0.15, 0.2) is 0 Å². The van der Waals surface area contributed by atoms with E-state index < -0.39 is 0 Å². The Bertz CT molecular complexity index is 2440. The molecule has 1 aromatic heterocycles. The van der Waals surface area contributed by atoms with Crippen molar-refractivity contribution in [2.75, 3.05) is 0 Å². The molecule has 0 aliphatic rings. The Morgan fingerprint density at radius 2 is 1.02 bits per heavy atom. The molecule has 8 aromatic rings. The van der Waals surface area contributed by atoms with Gasteiger partial charge in [-0.1, -0.05) is 139 Å². The summed E-state index contributed by atoms with van der Waals surface area (Å²) in [6, 6.07) is 44.9. The first-order valence-electron chi connectivity index (χ1n) is 16.0. The normalized spacial score (nSPS) is 12.7. The lowest BCUT2D eigenvalue weighted by Crippen LogP contribution is -2.11. The van der Waals surface area contributed by atoms with Crippen molar-refractivity contribution in [3.05, 3.63) is 132 Å². The fourth-order valence-corrected chi connectivity index (χ4v) is 7.05. The fourth-order valence-electron chi connectivity index (χ4n) is 7.05. The Hall–Kier alpha value is -4.88. The fraction of sp³-hybridized carbons (Fsp3) is 0.182. The van der Waals surface area contributed by atoms with Crippen LogP contribution in [0.25, 0.3) is 76.5 Å². The van der Waals surface area contributed by atoms with Crippen LogP contribution >= 0.6 is 0 Å². The largest absolute Gasteiger partial charge is 0.455 e. The zero-order chi connectivity index (χ0) is 31.1. The second-order valence-corrected chi connectivity index (χ2v) is 14.6. The van der Waals surface area contributed by atoms with Gasteiger partial charge in [-0.25, -0.2) is 0 Å². The number of fused-ring (bicyclic) bond motifs is 6. The van der Waals surface area contributed by atoms with Crippen molar-refractivity contribution in [3.63, 3.8) is 0 Å². The topological polar surface area (TPSA) is 13.1 Å². The maximum atomic E-state index is 6.67. The Morgan fingerprint density at radius 3 is 1.73 bits per heavy atom. The first-order chi connectivity index (χ1) is 21.6. The van der Waals surface area contributed by atoms with Gasteiger partial charge >= 0.3 is 0 Å². The molecule has 0 aliphatic carbocycles. The third-order valence-electron chi connectivity index (χ3n) is 9.56. The second kappa shape index (κ2) is 9.81. The summed E-state index contributed by atoms with van der Waals surface area (Å²) in [5, 5.41) is 9.87.